The van der Waals surface area contributed by atoms with Crippen molar-refractivity contribution in [3.63, 3.8) is 0 Å². The summed E-state index contributed by atoms with van der Waals surface area (Å²) in [5.74, 6) is -0.931. The monoisotopic (exact) mass is 472 g/mol. The standard InChI is InChI=1S/C24H23F3N4O3/c1-15-11-18(16(2)31(15)21-9-7-17(8-10-21)23(33)34-3)13-29-30-22(32)14-28-20-6-4-5-19(12-20)24(25,26)27/h4-13,28H,14H2,1-3H3,(H,30,32)/b29-13+. The molecule has 0 bridgehead atoms. The number of benzene rings is 2. The number of rotatable bonds is 7. The molecule has 10 heteroatoms. The van der Waals surface area contributed by atoms with Crippen LogP contribution in [0, 0.1) is 13.8 Å². The van der Waals surface area contributed by atoms with Crippen LogP contribution in [0.5, 0.6) is 0 Å². The molecule has 3 rings (SSSR count). The molecule has 34 heavy (non-hydrogen) atoms. The van der Waals surface area contributed by atoms with Crippen molar-refractivity contribution < 1.29 is 27.5 Å². The predicted octanol–water partition coefficient (Wildman–Crippen LogP) is 4.46. The van der Waals surface area contributed by atoms with Gasteiger partial charge < -0.3 is 14.6 Å². The minimum absolute atomic E-state index is 0.177. The van der Waals surface area contributed by atoms with E-state index in [-0.39, 0.29) is 12.2 Å². The van der Waals surface area contributed by atoms with Crippen molar-refractivity contribution in [1.29, 1.82) is 0 Å². The third kappa shape index (κ3) is 5.83. The number of amides is 1. The Hall–Kier alpha value is -4.08. The molecule has 3 aromatic rings. The maximum absolute atomic E-state index is 12.8. The zero-order chi connectivity index (χ0) is 24.9. The lowest BCUT2D eigenvalue weighted by Crippen LogP contribution is -2.26. The number of hydrazone groups is 1. The fourth-order valence-corrected chi connectivity index (χ4v) is 3.38. The smallest absolute Gasteiger partial charge is 0.416 e. The quantitative estimate of drug-likeness (QED) is 0.302. The first kappa shape index (κ1) is 24.6. The molecule has 0 unspecified atom stereocenters. The van der Waals surface area contributed by atoms with Crippen LogP contribution < -0.4 is 10.7 Å². The van der Waals surface area contributed by atoms with Crippen LogP contribution in [0.1, 0.15) is 32.9 Å². The number of hydrogen-bond donors (Lipinski definition) is 2. The van der Waals surface area contributed by atoms with Gasteiger partial charge in [0.2, 0.25) is 0 Å². The van der Waals surface area contributed by atoms with Gasteiger partial charge in [-0.3, -0.25) is 4.79 Å². The summed E-state index contributed by atoms with van der Waals surface area (Å²) in [5, 5.41) is 6.59. The first-order valence-corrected chi connectivity index (χ1v) is 10.2. The Kier molecular flexibility index (Phi) is 7.40. The van der Waals surface area contributed by atoms with E-state index in [4.69, 9.17) is 4.74 Å². The highest BCUT2D eigenvalue weighted by molar-refractivity contribution is 5.89. The Bertz CT molecular complexity index is 1220. The summed E-state index contributed by atoms with van der Waals surface area (Å²) >= 11 is 0. The topological polar surface area (TPSA) is 84.7 Å². The summed E-state index contributed by atoms with van der Waals surface area (Å²) in [7, 11) is 1.32. The lowest BCUT2D eigenvalue weighted by molar-refractivity contribution is -0.137. The number of hydrogen-bond acceptors (Lipinski definition) is 5. The van der Waals surface area contributed by atoms with Gasteiger partial charge in [0.05, 0.1) is 31.0 Å². The number of aromatic nitrogens is 1. The molecule has 0 spiro atoms. The summed E-state index contributed by atoms with van der Waals surface area (Å²) in [6.45, 7) is 3.56. The fraction of sp³-hybridized carbons (Fsp3) is 0.208. The first-order valence-electron chi connectivity index (χ1n) is 10.2. The summed E-state index contributed by atoms with van der Waals surface area (Å²) in [5.41, 5.74) is 5.56. The van der Waals surface area contributed by atoms with E-state index in [0.29, 0.717) is 5.56 Å². The number of aryl methyl sites for hydroxylation is 1. The molecule has 7 nitrogen and oxygen atoms in total. The van der Waals surface area contributed by atoms with Gasteiger partial charge in [-0.05, 0) is 62.4 Å². The maximum atomic E-state index is 12.8. The van der Waals surface area contributed by atoms with Crippen molar-refractivity contribution in [1.82, 2.24) is 9.99 Å². The highest BCUT2D eigenvalue weighted by Crippen LogP contribution is 2.30. The average Bonchev–Trinajstić information content (AvgIpc) is 3.09. The molecule has 0 radical (unpaired) electrons. The fourth-order valence-electron chi connectivity index (χ4n) is 3.38. The Morgan fingerprint density at radius 3 is 2.44 bits per heavy atom. The van der Waals surface area contributed by atoms with Crippen LogP contribution in [0.25, 0.3) is 5.69 Å². The van der Waals surface area contributed by atoms with E-state index in [9.17, 15) is 22.8 Å². The van der Waals surface area contributed by atoms with Gasteiger partial charge in [-0.2, -0.15) is 18.3 Å². The van der Waals surface area contributed by atoms with E-state index in [1.165, 1.54) is 25.5 Å². The summed E-state index contributed by atoms with van der Waals surface area (Å²) < 4.78 is 45.0. The van der Waals surface area contributed by atoms with E-state index < -0.39 is 23.6 Å². The van der Waals surface area contributed by atoms with E-state index in [1.807, 2.05) is 24.5 Å². The summed E-state index contributed by atoms with van der Waals surface area (Å²) in [4.78, 5) is 23.6. The highest BCUT2D eigenvalue weighted by Gasteiger charge is 2.30. The van der Waals surface area contributed by atoms with Crippen molar-refractivity contribution in [2.75, 3.05) is 19.0 Å². The zero-order valence-corrected chi connectivity index (χ0v) is 18.7. The molecule has 0 saturated carbocycles. The number of alkyl halides is 3. The van der Waals surface area contributed by atoms with Gasteiger partial charge in [-0.25, -0.2) is 10.2 Å². The number of carbonyl (C=O) groups excluding carboxylic acids is 2. The first-order chi connectivity index (χ1) is 16.1. The largest absolute Gasteiger partial charge is 0.465 e. The molecule has 178 valence electrons. The molecule has 1 heterocycles. The Balaban J connectivity index is 1.62. The van der Waals surface area contributed by atoms with E-state index in [2.05, 4.69) is 15.8 Å². The molecule has 0 saturated heterocycles. The minimum atomic E-state index is -4.46. The van der Waals surface area contributed by atoms with E-state index >= 15 is 0 Å². The van der Waals surface area contributed by atoms with Gasteiger partial charge in [0, 0.05) is 28.3 Å². The average molecular weight is 472 g/mol. The number of halogens is 3. The van der Waals surface area contributed by atoms with Gasteiger partial charge in [0.1, 0.15) is 0 Å². The number of methoxy groups -OCH3 is 1. The SMILES string of the molecule is COC(=O)c1ccc(-n2c(C)cc(/C=N/NC(=O)CNc3cccc(C(F)(F)F)c3)c2C)cc1. The van der Waals surface area contributed by atoms with Crippen LogP contribution in [-0.4, -0.2) is 36.3 Å². The lowest BCUT2D eigenvalue weighted by atomic mass is 10.2. The van der Waals surface area contributed by atoms with Crippen LogP contribution in [0.2, 0.25) is 0 Å². The molecular formula is C24H23F3N4O3. The lowest BCUT2D eigenvalue weighted by Gasteiger charge is -2.10. The Morgan fingerprint density at radius 1 is 1.09 bits per heavy atom. The normalized spacial score (nSPS) is 11.5. The predicted molar refractivity (Wildman–Crippen MR) is 122 cm³/mol. The van der Waals surface area contributed by atoms with Gasteiger partial charge in [0.25, 0.3) is 5.91 Å². The minimum Gasteiger partial charge on any atom is -0.465 e. The van der Waals surface area contributed by atoms with Crippen LogP contribution in [0.4, 0.5) is 18.9 Å². The van der Waals surface area contributed by atoms with Crippen molar-refractivity contribution in [3.8, 4) is 5.69 Å². The summed E-state index contributed by atoms with van der Waals surface area (Å²) in [6, 6.07) is 13.4. The maximum Gasteiger partial charge on any atom is 0.416 e. The van der Waals surface area contributed by atoms with Crippen molar-refractivity contribution in [2.45, 2.75) is 20.0 Å². The van der Waals surface area contributed by atoms with Crippen LogP contribution >= 0.6 is 0 Å². The summed E-state index contributed by atoms with van der Waals surface area (Å²) in [6.07, 6.45) is -2.97. The number of nitrogens with one attached hydrogen (secondary N) is 2. The van der Waals surface area contributed by atoms with Crippen molar-refractivity contribution in [2.24, 2.45) is 5.10 Å². The molecule has 1 amide bonds. The second-order valence-corrected chi connectivity index (χ2v) is 7.43. The molecular weight excluding hydrogens is 449 g/mol. The Morgan fingerprint density at radius 2 is 1.79 bits per heavy atom. The number of esters is 1. The van der Waals surface area contributed by atoms with E-state index in [1.54, 1.807) is 24.3 Å². The van der Waals surface area contributed by atoms with Gasteiger partial charge in [-0.1, -0.05) is 6.07 Å². The number of carbonyl (C=O) groups is 2. The molecule has 0 aliphatic rings. The molecule has 0 fully saturated rings. The molecule has 2 N–H and O–H groups in total. The second-order valence-electron chi connectivity index (χ2n) is 7.43. The van der Waals surface area contributed by atoms with Gasteiger partial charge >= 0.3 is 12.1 Å². The van der Waals surface area contributed by atoms with Crippen molar-refractivity contribution in [3.05, 3.63) is 82.7 Å². The van der Waals surface area contributed by atoms with E-state index in [0.717, 1.165) is 34.8 Å². The van der Waals surface area contributed by atoms with Gasteiger partial charge in [0.15, 0.2) is 0 Å². The molecule has 1 aromatic heterocycles. The van der Waals surface area contributed by atoms with Crippen LogP contribution in [0.15, 0.2) is 59.7 Å². The third-order valence-corrected chi connectivity index (χ3v) is 5.05. The number of ether oxygens (including phenoxy) is 1. The number of anilines is 1. The number of nitrogens with zero attached hydrogens (tertiary/aromatic N) is 2. The molecule has 2 aromatic carbocycles. The van der Waals surface area contributed by atoms with Crippen LogP contribution in [0.3, 0.4) is 0 Å². The van der Waals surface area contributed by atoms with Crippen molar-refractivity contribution >= 4 is 23.8 Å². The second kappa shape index (κ2) is 10.2. The Labute approximate surface area is 194 Å². The third-order valence-electron chi connectivity index (χ3n) is 5.05. The van der Waals surface area contributed by atoms with Gasteiger partial charge in [-0.15, -0.1) is 0 Å². The molecule has 0 aliphatic carbocycles. The van der Waals surface area contributed by atoms with Crippen LogP contribution in [-0.2, 0) is 15.7 Å². The molecule has 0 atom stereocenters. The molecule has 0 aliphatic heterocycles. The zero-order valence-electron chi connectivity index (χ0n) is 18.7. The highest BCUT2D eigenvalue weighted by atomic mass is 19.4.